The molecule has 1 aromatic rings. The molecule has 28 heavy (non-hydrogen) atoms. The van der Waals surface area contributed by atoms with E-state index in [0.717, 1.165) is 5.06 Å². The number of pyridine rings is 1. The summed E-state index contributed by atoms with van der Waals surface area (Å²) in [6.07, 6.45) is 0.592. The van der Waals surface area contributed by atoms with Crippen LogP contribution in [0.3, 0.4) is 0 Å². The van der Waals surface area contributed by atoms with E-state index in [4.69, 9.17) is 14.3 Å². The molecule has 0 aliphatic carbocycles. The summed E-state index contributed by atoms with van der Waals surface area (Å²) in [6, 6.07) is 0. The highest BCUT2D eigenvalue weighted by molar-refractivity contribution is 9.10. The minimum Gasteiger partial charge on any atom is -0.444 e. The first-order valence-corrected chi connectivity index (χ1v) is 9.44. The van der Waals surface area contributed by atoms with E-state index >= 15 is 0 Å². The first-order valence-electron chi connectivity index (χ1n) is 8.65. The van der Waals surface area contributed by atoms with Gasteiger partial charge in [-0.15, -0.1) is 0 Å². The van der Waals surface area contributed by atoms with Crippen molar-refractivity contribution in [2.24, 2.45) is 0 Å². The first kappa shape index (κ1) is 22.2. The van der Waals surface area contributed by atoms with Crippen molar-refractivity contribution in [3.8, 4) is 0 Å². The van der Waals surface area contributed by atoms with Crippen LogP contribution in [0.1, 0.15) is 31.1 Å². The number of anilines is 1. The molecule has 1 N–H and O–H groups in total. The number of hydrogen-bond acceptors (Lipinski definition) is 7. The van der Waals surface area contributed by atoms with Gasteiger partial charge in [0, 0.05) is 13.2 Å². The largest absolute Gasteiger partial charge is 0.444 e. The van der Waals surface area contributed by atoms with Crippen molar-refractivity contribution in [1.29, 1.82) is 0 Å². The van der Waals surface area contributed by atoms with E-state index in [1.807, 2.05) is 0 Å². The van der Waals surface area contributed by atoms with Gasteiger partial charge in [0.1, 0.15) is 10.1 Å². The number of nitrogens with one attached hydrogen (secondary N) is 1. The van der Waals surface area contributed by atoms with Crippen molar-refractivity contribution >= 4 is 33.6 Å². The molecule has 0 bridgehead atoms. The van der Waals surface area contributed by atoms with Crippen LogP contribution in [0.2, 0.25) is 0 Å². The number of halogens is 1. The van der Waals surface area contributed by atoms with E-state index < -0.39 is 23.2 Å². The van der Waals surface area contributed by atoms with E-state index in [1.54, 1.807) is 25.8 Å². The third-order valence-electron chi connectivity index (χ3n) is 3.84. The number of hydroxylamine groups is 2. The number of hydrogen-bond donors (Lipinski definition) is 1. The number of morpholine rings is 1. The molecular formula is C17H25BrN4O6. The van der Waals surface area contributed by atoms with Gasteiger partial charge < -0.3 is 14.5 Å². The summed E-state index contributed by atoms with van der Waals surface area (Å²) in [4.78, 5) is 42.9. The van der Waals surface area contributed by atoms with Crippen molar-refractivity contribution in [3.05, 3.63) is 26.6 Å². The molecule has 1 saturated heterocycles. The van der Waals surface area contributed by atoms with Gasteiger partial charge in [0.25, 0.3) is 11.5 Å². The maximum atomic E-state index is 12.9. The highest BCUT2D eigenvalue weighted by Gasteiger charge is 2.27. The minimum atomic E-state index is -0.786. The van der Waals surface area contributed by atoms with E-state index in [9.17, 15) is 14.4 Å². The van der Waals surface area contributed by atoms with Crippen LogP contribution in [-0.4, -0.2) is 67.8 Å². The third kappa shape index (κ3) is 5.24. The van der Waals surface area contributed by atoms with Crippen molar-refractivity contribution in [3.63, 3.8) is 0 Å². The van der Waals surface area contributed by atoms with Crippen LogP contribution < -0.4 is 15.9 Å². The lowest BCUT2D eigenvalue weighted by molar-refractivity contribution is -0.0756. The van der Waals surface area contributed by atoms with Gasteiger partial charge >= 0.3 is 6.09 Å². The van der Waals surface area contributed by atoms with Crippen molar-refractivity contribution in [1.82, 2.24) is 9.74 Å². The molecule has 1 fully saturated rings. The Morgan fingerprint density at radius 2 is 1.89 bits per heavy atom. The van der Waals surface area contributed by atoms with E-state index in [2.05, 4.69) is 21.2 Å². The Kier molecular flexibility index (Phi) is 7.07. The summed E-state index contributed by atoms with van der Waals surface area (Å²) in [5.74, 6) is -0.545. The standard InChI is InChI=1S/C17H25BrN4O6/c1-17(2,3)28-16(25)19-13-11(14(23)20(4)26-5)10-22(15(24)12(13)18)21-6-8-27-9-7-21/h10H,6-9H2,1-5H3,(H,19,25). The lowest BCUT2D eigenvalue weighted by atomic mass is 10.2. The number of aromatic nitrogens is 1. The molecule has 0 atom stereocenters. The van der Waals surface area contributed by atoms with E-state index in [-0.39, 0.29) is 15.7 Å². The molecule has 0 spiro atoms. The average Bonchev–Trinajstić information content (AvgIpc) is 2.63. The highest BCUT2D eigenvalue weighted by atomic mass is 79.9. The zero-order chi connectivity index (χ0) is 21.1. The molecule has 1 aliphatic rings. The minimum absolute atomic E-state index is 0.0117. The number of carbonyl (C=O) groups excluding carboxylic acids is 2. The second kappa shape index (κ2) is 8.93. The van der Waals surface area contributed by atoms with Gasteiger partial charge in [0.05, 0.1) is 44.7 Å². The van der Waals surface area contributed by atoms with Crippen LogP contribution >= 0.6 is 15.9 Å². The molecule has 0 aromatic carbocycles. The van der Waals surface area contributed by atoms with Crippen LogP contribution in [0, 0.1) is 0 Å². The number of amides is 2. The highest BCUT2D eigenvalue weighted by Crippen LogP contribution is 2.25. The Morgan fingerprint density at radius 3 is 2.43 bits per heavy atom. The van der Waals surface area contributed by atoms with Gasteiger partial charge in [-0.2, -0.15) is 0 Å². The topological polar surface area (TPSA) is 102 Å². The molecule has 2 amide bonds. The number of nitrogens with zero attached hydrogens (tertiary/aromatic N) is 3. The maximum absolute atomic E-state index is 12.9. The lowest BCUT2D eigenvalue weighted by Gasteiger charge is -2.31. The van der Waals surface area contributed by atoms with Crippen molar-refractivity contribution in [2.45, 2.75) is 26.4 Å². The first-order chi connectivity index (χ1) is 13.0. The molecular weight excluding hydrogens is 436 g/mol. The number of rotatable bonds is 4. The molecule has 11 heteroatoms. The Labute approximate surface area is 171 Å². The molecule has 1 aliphatic heterocycles. The molecule has 2 rings (SSSR count). The van der Waals surface area contributed by atoms with Gasteiger partial charge in [-0.3, -0.25) is 19.7 Å². The zero-order valence-corrected chi connectivity index (χ0v) is 18.2. The second-order valence-corrected chi connectivity index (χ2v) is 7.85. The quantitative estimate of drug-likeness (QED) is 0.679. The Balaban J connectivity index is 2.52. The van der Waals surface area contributed by atoms with Gasteiger partial charge in [-0.25, -0.2) is 14.5 Å². The fraction of sp³-hybridized carbons (Fsp3) is 0.588. The molecule has 2 heterocycles. The molecule has 156 valence electrons. The van der Waals surface area contributed by atoms with Crippen LogP contribution in [0.5, 0.6) is 0 Å². The molecule has 0 radical (unpaired) electrons. The van der Waals surface area contributed by atoms with E-state index in [0.29, 0.717) is 26.3 Å². The van der Waals surface area contributed by atoms with Gasteiger partial charge in [0.15, 0.2) is 0 Å². The summed E-state index contributed by atoms with van der Waals surface area (Å²) in [5, 5.41) is 5.26. The summed E-state index contributed by atoms with van der Waals surface area (Å²) >= 11 is 3.22. The normalized spacial score (nSPS) is 14.6. The number of carbonyl (C=O) groups is 2. The van der Waals surface area contributed by atoms with E-state index in [1.165, 1.54) is 25.0 Å². The SMILES string of the molecule is CON(C)C(=O)c1cn(N2CCOCC2)c(=O)c(Br)c1NC(=O)OC(C)(C)C. The molecule has 10 nitrogen and oxygen atoms in total. The van der Waals surface area contributed by atoms with Crippen molar-refractivity contribution < 1.29 is 23.9 Å². The second-order valence-electron chi connectivity index (χ2n) is 7.06. The van der Waals surface area contributed by atoms with Gasteiger partial charge in [-0.1, -0.05) is 0 Å². The van der Waals surface area contributed by atoms with Crippen LogP contribution in [-0.2, 0) is 14.3 Å². The summed E-state index contributed by atoms with van der Waals surface area (Å²) in [6.45, 7) is 7.03. The van der Waals surface area contributed by atoms with Crippen LogP contribution in [0.4, 0.5) is 10.5 Å². The predicted molar refractivity (Wildman–Crippen MR) is 106 cm³/mol. The fourth-order valence-electron chi connectivity index (χ4n) is 2.49. The smallest absolute Gasteiger partial charge is 0.412 e. The summed E-state index contributed by atoms with van der Waals surface area (Å²) in [5.41, 5.74) is -1.09. The molecule has 0 saturated carbocycles. The van der Waals surface area contributed by atoms with Gasteiger partial charge in [-0.05, 0) is 36.7 Å². The maximum Gasteiger partial charge on any atom is 0.412 e. The Morgan fingerprint density at radius 1 is 1.29 bits per heavy atom. The fourth-order valence-corrected chi connectivity index (χ4v) is 2.99. The van der Waals surface area contributed by atoms with Gasteiger partial charge in [0.2, 0.25) is 0 Å². The predicted octanol–water partition coefficient (Wildman–Crippen LogP) is 1.56. The summed E-state index contributed by atoms with van der Waals surface area (Å²) in [7, 11) is 2.77. The zero-order valence-electron chi connectivity index (χ0n) is 16.6. The molecule has 1 aromatic heterocycles. The Hall–Kier alpha value is -2.11. The van der Waals surface area contributed by atoms with Crippen molar-refractivity contribution in [2.75, 3.05) is 50.8 Å². The third-order valence-corrected chi connectivity index (χ3v) is 4.58. The summed E-state index contributed by atoms with van der Waals surface area (Å²) < 4.78 is 11.9. The Bertz CT molecular complexity index is 798. The lowest BCUT2D eigenvalue weighted by Crippen LogP contribution is -2.49. The van der Waals surface area contributed by atoms with Crippen LogP contribution in [0.25, 0.3) is 0 Å². The number of ether oxygens (including phenoxy) is 2. The monoisotopic (exact) mass is 460 g/mol. The molecule has 0 unspecified atom stereocenters. The average molecular weight is 461 g/mol. The van der Waals surface area contributed by atoms with Crippen LogP contribution in [0.15, 0.2) is 15.5 Å².